The van der Waals surface area contributed by atoms with Gasteiger partial charge in [-0.1, -0.05) is 20.8 Å². The fourth-order valence-electron chi connectivity index (χ4n) is 4.52. The Kier molecular flexibility index (Phi) is 3.46. The normalized spacial score (nSPS) is 24.1. The standard InChI is InChI=1S/C18H25FN2O/c1-11-5-13(19)12-7-15(21-14(12)6-11)16(22)20-10-18(4)8-17(2,3)9-18/h5-6,15,21H,7-10H2,1-4H3,(H,20,22). The molecule has 1 atom stereocenters. The summed E-state index contributed by atoms with van der Waals surface area (Å²) >= 11 is 0. The molecule has 0 aromatic heterocycles. The first-order valence-electron chi connectivity index (χ1n) is 8.01. The summed E-state index contributed by atoms with van der Waals surface area (Å²) in [6.45, 7) is 9.30. The Bertz CT molecular complexity index is 616. The molecule has 1 unspecified atom stereocenters. The molecule has 0 spiro atoms. The maximum absolute atomic E-state index is 13.9. The number of amides is 1. The number of fused-ring (bicyclic) bond motifs is 1. The number of carbonyl (C=O) groups excluding carboxylic acids is 1. The van der Waals surface area contributed by atoms with Crippen molar-refractivity contribution < 1.29 is 9.18 Å². The largest absolute Gasteiger partial charge is 0.373 e. The second-order valence-corrected chi connectivity index (χ2v) is 8.22. The second-order valence-electron chi connectivity index (χ2n) is 8.22. The van der Waals surface area contributed by atoms with Gasteiger partial charge < -0.3 is 10.6 Å². The Labute approximate surface area is 131 Å². The van der Waals surface area contributed by atoms with Gasteiger partial charge in [-0.2, -0.15) is 0 Å². The van der Waals surface area contributed by atoms with Crippen LogP contribution in [0.3, 0.4) is 0 Å². The van der Waals surface area contributed by atoms with E-state index >= 15 is 0 Å². The lowest BCUT2D eigenvalue weighted by Gasteiger charge is -2.51. The average molecular weight is 304 g/mol. The van der Waals surface area contributed by atoms with Crippen LogP contribution in [0.25, 0.3) is 0 Å². The van der Waals surface area contributed by atoms with Crippen molar-refractivity contribution in [2.45, 2.75) is 53.0 Å². The highest BCUT2D eigenvalue weighted by Gasteiger charge is 2.45. The van der Waals surface area contributed by atoms with E-state index in [-0.39, 0.29) is 23.2 Å². The van der Waals surface area contributed by atoms with E-state index in [2.05, 4.69) is 31.4 Å². The van der Waals surface area contributed by atoms with E-state index < -0.39 is 0 Å². The van der Waals surface area contributed by atoms with Gasteiger partial charge in [-0.15, -0.1) is 0 Å². The van der Waals surface area contributed by atoms with Crippen LogP contribution in [-0.2, 0) is 11.2 Å². The Morgan fingerprint density at radius 2 is 2.05 bits per heavy atom. The Balaban J connectivity index is 1.58. The molecular weight excluding hydrogens is 279 g/mol. The van der Waals surface area contributed by atoms with Crippen molar-refractivity contribution in [3.63, 3.8) is 0 Å². The van der Waals surface area contributed by atoms with Crippen LogP contribution in [0.5, 0.6) is 0 Å². The minimum atomic E-state index is -0.358. The molecule has 1 aliphatic heterocycles. The zero-order valence-electron chi connectivity index (χ0n) is 13.8. The minimum absolute atomic E-state index is 0.0285. The molecule has 1 aromatic rings. The van der Waals surface area contributed by atoms with Crippen LogP contribution in [0, 0.1) is 23.6 Å². The summed E-state index contributed by atoms with van der Waals surface area (Å²) < 4.78 is 13.9. The topological polar surface area (TPSA) is 41.1 Å². The molecule has 120 valence electrons. The van der Waals surface area contributed by atoms with Crippen LogP contribution >= 0.6 is 0 Å². The smallest absolute Gasteiger partial charge is 0.242 e. The predicted octanol–water partition coefficient (Wildman–Crippen LogP) is 3.41. The SMILES string of the molecule is Cc1cc(F)c2c(c1)NC(C(=O)NCC1(C)CC(C)(C)C1)C2. The molecule has 1 aromatic carbocycles. The molecule has 3 nitrogen and oxygen atoms in total. The molecule has 0 radical (unpaired) electrons. The van der Waals surface area contributed by atoms with E-state index in [4.69, 9.17) is 0 Å². The number of carbonyl (C=O) groups is 1. The lowest BCUT2D eigenvalue weighted by Crippen LogP contribution is -2.50. The molecule has 4 heteroatoms. The van der Waals surface area contributed by atoms with Gasteiger partial charge in [-0.25, -0.2) is 4.39 Å². The third kappa shape index (κ3) is 2.83. The molecule has 22 heavy (non-hydrogen) atoms. The van der Waals surface area contributed by atoms with Crippen molar-refractivity contribution in [1.82, 2.24) is 5.32 Å². The molecule has 2 N–H and O–H groups in total. The summed E-state index contributed by atoms with van der Waals surface area (Å²) in [5.74, 6) is -0.246. The van der Waals surface area contributed by atoms with Crippen molar-refractivity contribution >= 4 is 11.6 Å². The summed E-state index contributed by atoms with van der Waals surface area (Å²) in [5, 5.41) is 6.20. The molecule has 1 aliphatic carbocycles. The number of anilines is 1. The zero-order chi connectivity index (χ0) is 16.1. The van der Waals surface area contributed by atoms with Gasteiger partial charge in [0.15, 0.2) is 0 Å². The Morgan fingerprint density at radius 3 is 2.68 bits per heavy atom. The molecule has 0 bridgehead atoms. The fraction of sp³-hybridized carbons (Fsp3) is 0.611. The maximum atomic E-state index is 13.9. The van der Waals surface area contributed by atoms with Crippen molar-refractivity contribution in [2.75, 3.05) is 11.9 Å². The lowest BCUT2D eigenvalue weighted by molar-refractivity contribution is -0.123. The van der Waals surface area contributed by atoms with Gasteiger partial charge in [0, 0.05) is 24.2 Å². The Morgan fingerprint density at radius 1 is 1.36 bits per heavy atom. The number of hydrogen-bond acceptors (Lipinski definition) is 2. The van der Waals surface area contributed by atoms with Crippen LogP contribution in [0.2, 0.25) is 0 Å². The third-order valence-corrected chi connectivity index (χ3v) is 4.89. The van der Waals surface area contributed by atoms with Crippen LogP contribution < -0.4 is 10.6 Å². The average Bonchev–Trinajstić information content (AvgIpc) is 2.77. The van der Waals surface area contributed by atoms with Crippen molar-refractivity contribution in [2.24, 2.45) is 10.8 Å². The predicted molar refractivity (Wildman–Crippen MR) is 86.4 cm³/mol. The zero-order valence-corrected chi connectivity index (χ0v) is 13.8. The van der Waals surface area contributed by atoms with Gasteiger partial charge in [0.2, 0.25) is 5.91 Å². The van der Waals surface area contributed by atoms with Crippen LogP contribution in [0.1, 0.15) is 44.7 Å². The summed E-state index contributed by atoms with van der Waals surface area (Å²) in [6, 6.07) is 3.07. The fourth-order valence-corrected chi connectivity index (χ4v) is 4.52. The van der Waals surface area contributed by atoms with Gasteiger partial charge >= 0.3 is 0 Å². The summed E-state index contributed by atoms with van der Waals surface area (Å²) in [6.07, 6.45) is 2.69. The molecule has 1 fully saturated rings. The number of rotatable bonds is 3. The highest BCUT2D eigenvalue weighted by Crippen LogP contribution is 2.53. The summed E-state index contributed by atoms with van der Waals surface area (Å²) in [5.41, 5.74) is 2.85. The first-order valence-corrected chi connectivity index (χ1v) is 8.01. The van der Waals surface area contributed by atoms with Crippen LogP contribution in [0.15, 0.2) is 12.1 Å². The van der Waals surface area contributed by atoms with E-state index in [0.29, 0.717) is 23.9 Å². The highest BCUT2D eigenvalue weighted by atomic mass is 19.1. The first kappa shape index (κ1) is 15.3. The number of benzene rings is 1. The minimum Gasteiger partial charge on any atom is -0.373 e. The molecule has 2 aliphatic rings. The molecule has 3 rings (SSSR count). The van der Waals surface area contributed by atoms with Gasteiger partial charge in [-0.05, 0) is 48.3 Å². The quantitative estimate of drug-likeness (QED) is 0.898. The van der Waals surface area contributed by atoms with Gasteiger partial charge in [-0.3, -0.25) is 4.79 Å². The van der Waals surface area contributed by atoms with E-state index in [9.17, 15) is 9.18 Å². The first-order chi connectivity index (χ1) is 10.2. The highest BCUT2D eigenvalue weighted by molar-refractivity contribution is 5.87. The van der Waals surface area contributed by atoms with Crippen LogP contribution in [-0.4, -0.2) is 18.5 Å². The van der Waals surface area contributed by atoms with E-state index in [1.807, 2.05) is 13.0 Å². The number of hydrogen-bond donors (Lipinski definition) is 2. The van der Waals surface area contributed by atoms with Crippen molar-refractivity contribution in [3.8, 4) is 0 Å². The summed E-state index contributed by atoms with van der Waals surface area (Å²) in [4.78, 5) is 12.4. The molecule has 1 saturated carbocycles. The molecule has 0 saturated heterocycles. The Hall–Kier alpha value is -1.58. The third-order valence-electron chi connectivity index (χ3n) is 4.89. The van der Waals surface area contributed by atoms with E-state index in [1.54, 1.807) is 0 Å². The summed E-state index contributed by atoms with van der Waals surface area (Å²) in [7, 11) is 0. The number of halogens is 1. The van der Waals surface area contributed by atoms with Crippen LogP contribution in [0.4, 0.5) is 10.1 Å². The molecular formula is C18H25FN2O. The van der Waals surface area contributed by atoms with Crippen molar-refractivity contribution in [1.29, 1.82) is 0 Å². The van der Waals surface area contributed by atoms with Gasteiger partial charge in [0.05, 0.1) is 0 Å². The number of nitrogens with one attached hydrogen (secondary N) is 2. The lowest BCUT2D eigenvalue weighted by atomic mass is 9.55. The van der Waals surface area contributed by atoms with Crippen molar-refractivity contribution in [3.05, 3.63) is 29.1 Å². The maximum Gasteiger partial charge on any atom is 0.242 e. The van der Waals surface area contributed by atoms with Gasteiger partial charge in [0.25, 0.3) is 0 Å². The monoisotopic (exact) mass is 304 g/mol. The second kappa shape index (κ2) is 4.97. The van der Waals surface area contributed by atoms with E-state index in [1.165, 1.54) is 6.07 Å². The van der Waals surface area contributed by atoms with E-state index in [0.717, 1.165) is 24.1 Å². The molecule has 1 amide bonds. The molecule has 1 heterocycles. The van der Waals surface area contributed by atoms with Gasteiger partial charge in [0.1, 0.15) is 11.9 Å². The number of aryl methyl sites for hydroxylation is 1.